The molecule has 3 fully saturated rings. The van der Waals surface area contributed by atoms with Gasteiger partial charge in [-0.1, -0.05) is 33.6 Å². The Hall–Kier alpha value is -0.0800. The highest BCUT2D eigenvalue weighted by Gasteiger charge is 2.51. The van der Waals surface area contributed by atoms with E-state index < -0.39 is 0 Å². The molecule has 0 aromatic carbocycles. The predicted molar refractivity (Wildman–Crippen MR) is 95.2 cm³/mol. The molecule has 128 valence electrons. The summed E-state index contributed by atoms with van der Waals surface area (Å²) in [6, 6.07) is 0. The zero-order valence-corrected chi connectivity index (χ0v) is 15.4. The van der Waals surface area contributed by atoms with Crippen molar-refractivity contribution in [3.63, 3.8) is 0 Å². The molecule has 2 saturated heterocycles. The van der Waals surface area contributed by atoms with E-state index >= 15 is 0 Å². The van der Waals surface area contributed by atoms with Crippen LogP contribution < -0.4 is 0 Å². The number of likely N-dealkylation sites (tertiary alicyclic amines) is 2. The fourth-order valence-corrected chi connectivity index (χ4v) is 5.34. The third-order valence-corrected chi connectivity index (χ3v) is 7.57. The summed E-state index contributed by atoms with van der Waals surface area (Å²) < 4.78 is 0. The first-order valence-electron chi connectivity index (χ1n) is 9.96. The summed E-state index contributed by atoms with van der Waals surface area (Å²) >= 11 is 0. The zero-order chi connectivity index (χ0) is 15.6. The molecule has 0 aromatic heterocycles. The van der Waals surface area contributed by atoms with Crippen molar-refractivity contribution in [2.75, 3.05) is 39.3 Å². The molecule has 0 radical (unpaired) electrons. The molecule has 2 unspecified atom stereocenters. The highest BCUT2D eigenvalue weighted by atomic mass is 15.1. The van der Waals surface area contributed by atoms with Gasteiger partial charge < -0.3 is 9.80 Å². The zero-order valence-electron chi connectivity index (χ0n) is 15.4. The molecule has 3 aliphatic rings. The number of nitrogens with zero attached hydrogens (tertiary/aromatic N) is 2. The maximum atomic E-state index is 2.77. The van der Waals surface area contributed by atoms with Crippen molar-refractivity contribution >= 4 is 0 Å². The van der Waals surface area contributed by atoms with E-state index in [0.717, 1.165) is 5.92 Å². The van der Waals surface area contributed by atoms with Gasteiger partial charge in [0.15, 0.2) is 0 Å². The maximum absolute atomic E-state index is 2.77. The Kier molecular flexibility index (Phi) is 5.19. The Morgan fingerprint density at radius 1 is 0.773 bits per heavy atom. The van der Waals surface area contributed by atoms with Crippen LogP contribution in [0.4, 0.5) is 0 Å². The average molecular weight is 307 g/mol. The average Bonchev–Trinajstić information content (AvgIpc) is 2.73. The molecule has 2 atom stereocenters. The van der Waals surface area contributed by atoms with Gasteiger partial charge in [-0.05, 0) is 81.5 Å². The molecule has 0 spiro atoms. The third-order valence-electron chi connectivity index (χ3n) is 7.57. The van der Waals surface area contributed by atoms with Gasteiger partial charge in [0.2, 0.25) is 0 Å². The van der Waals surface area contributed by atoms with E-state index in [-0.39, 0.29) is 0 Å². The van der Waals surface area contributed by atoms with Gasteiger partial charge in [-0.15, -0.1) is 0 Å². The minimum Gasteiger partial charge on any atom is -0.303 e. The highest BCUT2D eigenvalue weighted by Crippen LogP contribution is 2.56. The lowest BCUT2D eigenvalue weighted by Gasteiger charge is -2.46. The molecule has 0 bridgehead atoms. The molecule has 0 aromatic rings. The van der Waals surface area contributed by atoms with E-state index in [0.29, 0.717) is 10.8 Å². The Labute approximate surface area is 138 Å². The molecule has 1 saturated carbocycles. The van der Waals surface area contributed by atoms with Crippen molar-refractivity contribution in [3.05, 3.63) is 0 Å². The van der Waals surface area contributed by atoms with E-state index in [1.807, 2.05) is 0 Å². The maximum Gasteiger partial charge on any atom is 0.00405 e. The van der Waals surface area contributed by atoms with Crippen molar-refractivity contribution < 1.29 is 0 Å². The van der Waals surface area contributed by atoms with Gasteiger partial charge in [0.25, 0.3) is 0 Å². The first-order valence-corrected chi connectivity index (χ1v) is 9.96. The minimum atomic E-state index is 0.488. The van der Waals surface area contributed by atoms with Crippen LogP contribution >= 0.6 is 0 Å². The van der Waals surface area contributed by atoms with Gasteiger partial charge in [-0.3, -0.25) is 0 Å². The van der Waals surface area contributed by atoms with Crippen LogP contribution in [0.5, 0.6) is 0 Å². The molecule has 1 aliphatic carbocycles. The molecule has 2 nitrogen and oxygen atoms in total. The number of hydrogen-bond donors (Lipinski definition) is 0. The smallest absolute Gasteiger partial charge is 0.00405 e. The van der Waals surface area contributed by atoms with Crippen molar-refractivity contribution in [1.29, 1.82) is 0 Å². The van der Waals surface area contributed by atoms with Gasteiger partial charge in [0.05, 0.1) is 0 Å². The Morgan fingerprint density at radius 2 is 1.32 bits per heavy atom. The number of hydrogen-bond acceptors (Lipinski definition) is 2. The number of piperidine rings is 2. The summed E-state index contributed by atoms with van der Waals surface area (Å²) in [4.78, 5) is 5.54. The summed E-state index contributed by atoms with van der Waals surface area (Å²) in [5.74, 6) is 0.903. The largest absolute Gasteiger partial charge is 0.303 e. The summed E-state index contributed by atoms with van der Waals surface area (Å²) in [7, 11) is 0. The summed E-state index contributed by atoms with van der Waals surface area (Å²) in [5.41, 5.74) is 1.01. The van der Waals surface area contributed by atoms with Crippen LogP contribution in [0.2, 0.25) is 0 Å². The first-order chi connectivity index (χ1) is 10.5. The summed E-state index contributed by atoms with van der Waals surface area (Å²) in [6.07, 6.45) is 11.5. The van der Waals surface area contributed by atoms with E-state index in [2.05, 4.69) is 30.6 Å². The normalized spacial score (nSPS) is 37.5. The number of rotatable bonds is 4. The molecule has 0 N–H and O–H groups in total. The van der Waals surface area contributed by atoms with Crippen molar-refractivity contribution in [2.45, 2.75) is 72.1 Å². The lowest BCUT2D eigenvalue weighted by molar-refractivity contribution is 0.0245. The molecule has 3 rings (SSSR count). The van der Waals surface area contributed by atoms with E-state index in [9.17, 15) is 0 Å². The van der Waals surface area contributed by atoms with Crippen LogP contribution in [0.3, 0.4) is 0 Å². The van der Waals surface area contributed by atoms with Gasteiger partial charge >= 0.3 is 0 Å². The van der Waals surface area contributed by atoms with Crippen molar-refractivity contribution in [2.24, 2.45) is 16.7 Å². The second-order valence-electron chi connectivity index (χ2n) is 9.22. The summed E-state index contributed by atoms with van der Waals surface area (Å²) in [5, 5.41) is 0. The van der Waals surface area contributed by atoms with Gasteiger partial charge in [0, 0.05) is 13.1 Å². The Balaban J connectivity index is 1.60. The van der Waals surface area contributed by atoms with Gasteiger partial charge in [-0.2, -0.15) is 0 Å². The van der Waals surface area contributed by atoms with Crippen molar-refractivity contribution in [3.8, 4) is 0 Å². The monoisotopic (exact) mass is 306 g/mol. The molecule has 2 aliphatic heterocycles. The molecule has 0 amide bonds. The quantitative estimate of drug-likeness (QED) is 0.759. The van der Waals surface area contributed by atoms with E-state index in [1.54, 1.807) is 0 Å². The Bertz CT molecular complexity index is 353. The molecule has 2 heteroatoms. The van der Waals surface area contributed by atoms with Crippen LogP contribution in [0.25, 0.3) is 0 Å². The van der Waals surface area contributed by atoms with E-state index in [1.165, 1.54) is 90.6 Å². The van der Waals surface area contributed by atoms with Crippen LogP contribution in [0.15, 0.2) is 0 Å². The SMILES string of the molecule is CC1(CN2CCCCC2)CCC(CN2CCCCC2)C1(C)C. The van der Waals surface area contributed by atoms with Crippen LogP contribution in [0, 0.1) is 16.7 Å². The molecule has 2 heterocycles. The summed E-state index contributed by atoms with van der Waals surface area (Å²) in [6.45, 7) is 15.9. The Morgan fingerprint density at radius 3 is 1.91 bits per heavy atom. The predicted octanol–water partition coefficient (Wildman–Crippen LogP) is 4.40. The van der Waals surface area contributed by atoms with Gasteiger partial charge in [0.1, 0.15) is 0 Å². The first kappa shape index (κ1) is 16.8. The standard InChI is InChI=1S/C20H38N2/c1-19(2)18(16-21-12-6-4-7-13-21)10-11-20(19,3)17-22-14-8-5-9-15-22/h18H,4-17H2,1-3H3. The topological polar surface area (TPSA) is 6.48 Å². The van der Waals surface area contributed by atoms with Gasteiger partial charge in [-0.25, -0.2) is 0 Å². The van der Waals surface area contributed by atoms with E-state index in [4.69, 9.17) is 0 Å². The molecular weight excluding hydrogens is 268 g/mol. The fraction of sp³-hybridized carbons (Fsp3) is 1.00. The molecular formula is C20H38N2. The van der Waals surface area contributed by atoms with Crippen LogP contribution in [-0.4, -0.2) is 49.1 Å². The lowest BCUT2D eigenvalue weighted by Crippen LogP contribution is -2.47. The second kappa shape index (κ2) is 6.81. The highest BCUT2D eigenvalue weighted by molar-refractivity contribution is 5.02. The fourth-order valence-electron chi connectivity index (χ4n) is 5.34. The van der Waals surface area contributed by atoms with Crippen molar-refractivity contribution in [1.82, 2.24) is 9.80 Å². The minimum absolute atomic E-state index is 0.488. The second-order valence-corrected chi connectivity index (χ2v) is 9.22. The third kappa shape index (κ3) is 3.38. The van der Waals surface area contributed by atoms with Crippen LogP contribution in [-0.2, 0) is 0 Å². The molecule has 22 heavy (non-hydrogen) atoms. The lowest BCUT2D eigenvalue weighted by atomic mass is 9.65. The van der Waals surface area contributed by atoms with Crippen LogP contribution in [0.1, 0.15) is 72.1 Å².